The Morgan fingerprint density at radius 1 is 1.00 bits per heavy atom. The highest BCUT2D eigenvalue weighted by Crippen LogP contribution is 2.29. The van der Waals surface area contributed by atoms with E-state index in [1.165, 1.54) is 0 Å². The number of amides is 1. The van der Waals surface area contributed by atoms with E-state index < -0.39 is 0 Å². The average Bonchev–Trinajstić information content (AvgIpc) is 2.63. The van der Waals surface area contributed by atoms with E-state index >= 15 is 0 Å². The second-order valence-corrected chi connectivity index (χ2v) is 6.83. The van der Waals surface area contributed by atoms with Crippen molar-refractivity contribution in [3.63, 3.8) is 0 Å². The molecule has 0 fully saturated rings. The average molecular weight is 406 g/mol. The number of anilines is 1. The van der Waals surface area contributed by atoms with E-state index in [0.717, 1.165) is 31.8 Å². The van der Waals surface area contributed by atoms with E-state index in [4.69, 9.17) is 0 Å². The zero-order valence-electron chi connectivity index (χ0n) is 14.8. The minimum Gasteiger partial charge on any atom is -0.322 e. The zero-order valence-corrected chi connectivity index (χ0v) is 17.2. The summed E-state index contributed by atoms with van der Waals surface area (Å²) in [6, 6.07) is 15.9. The van der Waals surface area contributed by atoms with Crippen LogP contribution in [0, 0.1) is 0 Å². The van der Waals surface area contributed by atoms with Crippen LogP contribution in [-0.4, -0.2) is 12.2 Å². The normalized spacial score (nSPS) is 11.1. The molecule has 0 saturated carbocycles. The van der Waals surface area contributed by atoms with Crippen LogP contribution in [0.5, 0.6) is 0 Å². The summed E-state index contributed by atoms with van der Waals surface area (Å²) in [5.74, 6) is -0.0589. The minimum absolute atomic E-state index is 0.0589. The lowest BCUT2D eigenvalue weighted by Crippen LogP contribution is -2.14. The van der Waals surface area contributed by atoms with Gasteiger partial charge in [-0.3, -0.25) is 4.79 Å². The van der Waals surface area contributed by atoms with E-state index in [1.54, 1.807) is 11.8 Å². The summed E-state index contributed by atoms with van der Waals surface area (Å²) >= 11 is 5.03. The topological polar surface area (TPSA) is 29.1 Å². The first-order chi connectivity index (χ1) is 11.5. The fourth-order valence-corrected chi connectivity index (χ4v) is 2.67. The van der Waals surface area contributed by atoms with Gasteiger partial charge in [0, 0.05) is 21.3 Å². The van der Waals surface area contributed by atoms with Gasteiger partial charge in [0.2, 0.25) is 0 Å². The molecule has 2 aromatic rings. The van der Waals surface area contributed by atoms with Crippen LogP contribution >= 0.6 is 27.7 Å². The van der Waals surface area contributed by atoms with E-state index in [-0.39, 0.29) is 5.91 Å². The second kappa shape index (κ2) is 10.4. The molecule has 2 rings (SSSR count). The first-order valence-electron chi connectivity index (χ1n) is 7.90. The van der Waals surface area contributed by atoms with Crippen LogP contribution in [0.15, 0.2) is 63.5 Å². The molecule has 0 heterocycles. The smallest absolute Gasteiger partial charge is 0.252 e. The van der Waals surface area contributed by atoms with Crippen LogP contribution in [0.1, 0.15) is 27.7 Å². The van der Waals surface area contributed by atoms with Gasteiger partial charge in [-0.05, 0) is 48.8 Å². The van der Waals surface area contributed by atoms with Gasteiger partial charge in [-0.25, -0.2) is 0 Å². The lowest BCUT2D eigenvalue weighted by Gasteiger charge is -2.12. The molecule has 2 nitrogen and oxygen atoms in total. The third-order valence-electron chi connectivity index (χ3n) is 3.51. The van der Waals surface area contributed by atoms with Crippen molar-refractivity contribution < 1.29 is 4.79 Å². The van der Waals surface area contributed by atoms with Gasteiger partial charge in [0.25, 0.3) is 5.91 Å². The van der Waals surface area contributed by atoms with Crippen LogP contribution < -0.4 is 5.32 Å². The van der Waals surface area contributed by atoms with E-state index in [1.807, 2.05) is 82.5 Å². The predicted molar refractivity (Wildman–Crippen MR) is 111 cm³/mol. The molecule has 0 radical (unpaired) electrons. The number of allylic oxidation sites excluding steroid dienone is 1. The van der Waals surface area contributed by atoms with Crippen LogP contribution in [0.25, 0.3) is 11.1 Å². The van der Waals surface area contributed by atoms with Crippen LogP contribution in [0.3, 0.4) is 0 Å². The lowest BCUT2D eigenvalue weighted by molar-refractivity contribution is -0.112. The molecule has 0 aliphatic carbocycles. The third-order valence-corrected chi connectivity index (χ3v) is 4.95. The van der Waals surface area contributed by atoms with Gasteiger partial charge >= 0.3 is 0 Å². The number of rotatable bonds is 4. The molecule has 0 unspecified atom stereocenters. The predicted octanol–water partition coefficient (Wildman–Crippen LogP) is 6.74. The van der Waals surface area contributed by atoms with Crippen molar-refractivity contribution in [2.24, 2.45) is 0 Å². The molecule has 24 heavy (non-hydrogen) atoms. The molecule has 0 saturated heterocycles. The van der Waals surface area contributed by atoms with Crippen molar-refractivity contribution in [3.05, 3.63) is 63.5 Å². The Morgan fingerprint density at radius 3 is 2.17 bits per heavy atom. The molecule has 2 aromatic carbocycles. The van der Waals surface area contributed by atoms with E-state index in [2.05, 4.69) is 21.2 Å². The van der Waals surface area contributed by atoms with Gasteiger partial charge in [0.05, 0.1) is 0 Å². The molecular weight excluding hydrogens is 382 g/mol. The van der Waals surface area contributed by atoms with Crippen molar-refractivity contribution in [2.75, 3.05) is 11.6 Å². The van der Waals surface area contributed by atoms with E-state index in [0.29, 0.717) is 0 Å². The Bertz CT molecular complexity index is 708. The molecule has 1 N–H and O–H groups in total. The van der Waals surface area contributed by atoms with Crippen LogP contribution in [0.2, 0.25) is 0 Å². The maximum Gasteiger partial charge on any atom is 0.252 e. The van der Waals surface area contributed by atoms with Gasteiger partial charge in [-0.1, -0.05) is 60.1 Å². The molecule has 0 spiro atoms. The largest absolute Gasteiger partial charge is 0.322 e. The van der Waals surface area contributed by atoms with Crippen molar-refractivity contribution in [1.82, 2.24) is 0 Å². The maximum atomic E-state index is 12.4. The first-order valence-corrected chi connectivity index (χ1v) is 9.92. The highest BCUT2D eigenvalue weighted by atomic mass is 79.9. The number of para-hydroxylation sites is 1. The van der Waals surface area contributed by atoms with Crippen molar-refractivity contribution >= 4 is 39.3 Å². The monoisotopic (exact) mass is 405 g/mol. The molecular formula is C20H24BrNOS. The Kier molecular flexibility index (Phi) is 8.87. The molecule has 4 heteroatoms. The van der Waals surface area contributed by atoms with Crippen molar-refractivity contribution in [1.29, 1.82) is 0 Å². The van der Waals surface area contributed by atoms with Gasteiger partial charge < -0.3 is 5.32 Å². The number of halogens is 1. The number of hydrogen-bond donors (Lipinski definition) is 1. The molecule has 0 aliphatic rings. The Hall–Kier alpha value is -1.52. The Morgan fingerprint density at radius 2 is 1.58 bits per heavy atom. The summed E-state index contributed by atoms with van der Waals surface area (Å²) < 4.78 is 1.03. The van der Waals surface area contributed by atoms with Gasteiger partial charge in [-0.15, -0.1) is 11.8 Å². The number of carbonyl (C=O) groups excluding carboxylic acids is 1. The maximum absolute atomic E-state index is 12.4. The highest BCUT2D eigenvalue weighted by molar-refractivity contribution is 9.10. The Balaban J connectivity index is 0.00000139. The van der Waals surface area contributed by atoms with Crippen LogP contribution in [-0.2, 0) is 4.79 Å². The number of carbonyl (C=O) groups is 1. The molecule has 128 valence electrons. The molecule has 0 aromatic heterocycles. The third kappa shape index (κ3) is 5.53. The second-order valence-electron chi connectivity index (χ2n) is 4.89. The molecule has 0 aliphatic heterocycles. The number of benzene rings is 2. The van der Waals surface area contributed by atoms with Crippen LogP contribution in [0.4, 0.5) is 5.69 Å². The molecule has 0 bridgehead atoms. The van der Waals surface area contributed by atoms with Crippen molar-refractivity contribution in [3.8, 4) is 11.1 Å². The minimum atomic E-state index is -0.0589. The lowest BCUT2D eigenvalue weighted by atomic mass is 10.0. The number of hydrogen-bond acceptors (Lipinski definition) is 2. The van der Waals surface area contributed by atoms with E-state index in [9.17, 15) is 4.79 Å². The quantitative estimate of drug-likeness (QED) is 0.570. The summed E-state index contributed by atoms with van der Waals surface area (Å²) in [7, 11) is 0. The number of thioether (sulfide) groups is 1. The first kappa shape index (κ1) is 20.5. The Labute approximate surface area is 157 Å². The van der Waals surface area contributed by atoms with Gasteiger partial charge in [0.15, 0.2) is 0 Å². The standard InChI is InChI=1S/C18H18BrNOS.C2H6/c1-12(13(2)22-3)18(21)20-17-7-5-4-6-16(17)14-8-10-15(19)11-9-14;1-2/h4-11H,1-3H3,(H,20,21);1-2H3/b13-12+;. The molecule has 0 atom stereocenters. The zero-order chi connectivity index (χ0) is 18.1. The van der Waals surface area contributed by atoms with Gasteiger partial charge in [-0.2, -0.15) is 0 Å². The fraction of sp³-hybridized carbons (Fsp3) is 0.250. The number of nitrogens with one attached hydrogen (secondary N) is 1. The fourth-order valence-electron chi connectivity index (χ4n) is 2.00. The summed E-state index contributed by atoms with van der Waals surface area (Å²) in [6.45, 7) is 7.81. The highest BCUT2D eigenvalue weighted by Gasteiger charge is 2.11. The summed E-state index contributed by atoms with van der Waals surface area (Å²) in [5, 5.41) is 3.02. The SMILES string of the molecule is CC.CS/C(C)=C(\C)C(=O)Nc1ccccc1-c1ccc(Br)cc1. The summed E-state index contributed by atoms with van der Waals surface area (Å²) in [4.78, 5) is 13.4. The summed E-state index contributed by atoms with van der Waals surface area (Å²) in [6.07, 6.45) is 1.97. The molecule has 1 amide bonds. The van der Waals surface area contributed by atoms with Gasteiger partial charge in [0.1, 0.15) is 0 Å². The van der Waals surface area contributed by atoms with Crippen molar-refractivity contribution in [2.45, 2.75) is 27.7 Å². The summed E-state index contributed by atoms with van der Waals surface area (Å²) in [5.41, 5.74) is 3.65.